The predicted molar refractivity (Wildman–Crippen MR) is 75.4 cm³/mol. The number of fused-ring (bicyclic) bond motifs is 1. The zero-order valence-corrected chi connectivity index (χ0v) is 11.8. The van der Waals surface area contributed by atoms with Crippen LogP contribution in [-0.2, 0) is 14.3 Å². The van der Waals surface area contributed by atoms with E-state index >= 15 is 0 Å². The number of methoxy groups -OCH3 is 1. The number of thiazole rings is 1. The molecule has 0 unspecified atom stereocenters. The molecule has 0 fully saturated rings. The van der Waals surface area contributed by atoms with Gasteiger partial charge in [-0.15, -0.1) is 11.3 Å². The van der Waals surface area contributed by atoms with Crippen molar-refractivity contribution in [3.8, 4) is 0 Å². The van der Waals surface area contributed by atoms with Gasteiger partial charge in [0.05, 0.1) is 23.1 Å². The lowest BCUT2D eigenvalue weighted by molar-refractivity contribution is -0.140. The summed E-state index contributed by atoms with van der Waals surface area (Å²) in [6.07, 6.45) is 0. The number of benzene rings is 1. The molecule has 5 nitrogen and oxygen atoms in total. The molecule has 1 N–H and O–H groups in total. The van der Waals surface area contributed by atoms with Crippen molar-refractivity contribution < 1.29 is 14.3 Å². The molecule has 0 aliphatic carbocycles. The summed E-state index contributed by atoms with van der Waals surface area (Å²) in [4.78, 5) is 26.7. The van der Waals surface area contributed by atoms with Crippen LogP contribution in [0, 0.1) is 0 Å². The molecule has 2 aromatic rings. The second-order valence-electron chi connectivity index (χ2n) is 3.59. The number of aromatic nitrogens is 1. The van der Waals surface area contributed by atoms with E-state index in [9.17, 15) is 9.59 Å². The maximum absolute atomic E-state index is 11.5. The van der Waals surface area contributed by atoms with Crippen LogP contribution in [0.3, 0.4) is 0 Å². The second kappa shape index (κ2) is 6.53. The molecule has 1 aromatic carbocycles. The zero-order chi connectivity index (χ0) is 13.7. The van der Waals surface area contributed by atoms with Gasteiger partial charge in [0, 0.05) is 0 Å². The highest BCUT2D eigenvalue weighted by molar-refractivity contribution is 8.01. The van der Waals surface area contributed by atoms with Crippen LogP contribution in [0.1, 0.15) is 0 Å². The molecule has 100 valence electrons. The van der Waals surface area contributed by atoms with Crippen molar-refractivity contribution in [2.24, 2.45) is 0 Å². The normalized spacial score (nSPS) is 10.4. The lowest BCUT2D eigenvalue weighted by Crippen LogP contribution is -2.31. The Morgan fingerprint density at radius 3 is 2.95 bits per heavy atom. The van der Waals surface area contributed by atoms with E-state index in [2.05, 4.69) is 15.0 Å². The van der Waals surface area contributed by atoms with Gasteiger partial charge in [-0.2, -0.15) is 0 Å². The highest BCUT2D eigenvalue weighted by Crippen LogP contribution is 2.28. The van der Waals surface area contributed by atoms with Crippen molar-refractivity contribution in [1.82, 2.24) is 10.3 Å². The largest absolute Gasteiger partial charge is 0.468 e. The van der Waals surface area contributed by atoms with Gasteiger partial charge in [0.25, 0.3) is 0 Å². The molecule has 0 saturated carbocycles. The van der Waals surface area contributed by atoms with Crippen molar-refractivity contribution in [3.05, 3.63) is 24.3 Å². The molecular weight excluding hydrogens is 284 g/mol. The average Bonchev–Trinajstić information content (AvgIpc) is 2.85. The third kappa shape index (κ3) is 3.93. The van der Waals surface area contributed by atoms with Crippen molar-refractivity contribution in [3.63, 3.8) is 0 Å². The maximum atomic E-state index is 11.5. The van der Waals surface area contributed by atoms with Gasteiger partial charge >= 0.3 is 5.97 Å². The van der Waals surface area contributed by atoms with Crippen molar-refractivity contribution in [2.45, 2.75) is 4.34 Å². The summed E-state index contributed by atoms with van der Waals surface area (Å²) < 4.78 is 6.37. The number of nitrogens with zero attached hydrogens (tertiary/aromatic N) is 1. The standard InChI is InChI=1S/C12H12N2O3S2/c1-17-11(16)6-13-10(15)7-18-12-14-8-4-2-3-5-9(8)19-12/h2-5H,6-7H2,1H3,(H,13,15). The number of hydrogen-bond acceptors (Lipinski definition) is 6. The quantitative estimate of drug-likeness (QED) is 0.671. The van der Waals surface area contributed by atoms with Crippen LogP contribution in [0.5, 0.6) is 0 Å². The molecule has 19 heavy (non-hydrogen) atoms. The first-order chi connectivity index (χ1) is 9.19. The Bertz CT molecular complexity index is 564. The Balaban J connectivity index is 1.84. The summed E-state index contributed by atoms with van der Waals surface area (Å²) in [6, 6.07) is 7.82. The van der Waals surface area contributed by atoms with Gasteiger partial charge in [-0.3, -0.25) is 9.59 Å². The van der Waals surface area contributed by atoms with Crippen LogP contribution in [-0.4, -0.2) is 36.3 Å². The molecule has 0 saturated heterocycles. The lowest BCUT2D eigenvalue weighted by Gasteiger charge is -2.01. The summed E-state index contributed by atoms with van der Waals surface area (Å²) >= 11 is 2.91. The molecule has 0 aliphatic heterocycles. The molecule has 0 atom stereocenters. The highest BCUT2D eigenvalue weighted by Gasteiger charge is 2.08. The van der Waals surface area contributed by atoms with Gasteiger partial charge in [0.1, 0.15) is 6.54 Å². The highest BCUT2D eigenvalue weighted by atomic mass is 32.2. The molecular formula is C12H12N2O3S2. The van der Waals surface area contributed by atoms with Crippen molar-refractivity contribution in [1.29, 1.82) is 0 Å². The Labute approximate surface area is 118 Å². The van der Waals surface area contributed by atoms with E-state index in [-0.39, 0.29) is 18.2 Å². The zero-order valence-electron chi connectivity index (χ0n) is 10.2. The first kappa shape index (κ1) is 13.8. The first-order valence-electron chi connectivity index (χ1n) is 5.51. The van der Waals surface area contributed by atoms with E-state index < -0.39 is 5.97 Å². The number of thioether (sulfide) groups is 1. The van der Waals surface area contributed by atoms with Crippen LogP contribution >= 0.6 is 23.1 Å². The maximum Gasteiger partial charge on any atom is 0.325 e. The second-order valence-corrected chi connectivity index (χ2v) is 5.84. The summed E-state index contributed by atoms with van der Waals surface area (Å²) in [5.41, 5.74) is 0.935. The molecule has 0 spiro atoms. The Kier molecular flexibility index (Phi) is 4.75. The van der Waals surface area contributed by atoms with Gasteiger partial charge in [-0.1, -0.05) is 23.9 Å². The molecule has 0 aliphatic rings. The Morgan fingerprint density at radius 1 is 1.42 bits per heavy atom. The Morgan fingerprint density at radius 2 is 2.21 bits per heavy atom. The van der Waals surface area contributed by atoms with Crippen LogP contribution < -0.4 is 5.32 Å². The van der Waals surface area contributed by atoms with Crippen LogP contribution in [0.2, 0.25) is 0 Å². The number of para-hydroxylation sites is 1. The fourth-order valence-electron chi connectivity index (χ4n) is 1.33. The molecule has 0 radical (unpaired) electrons. The van der Waals surface area contributed by atoms with Crippen molar-refractivity contribution >= 4 is 45.2 Å². The van der Waals surface area contributed by atoms with E-state index in [0.717, 1.165) is 14.6 Å². The topological polar surface area (TPSA) is 68.3 Å². The number of nitrogens with one attached hydrogen (secondary N) is 1. The minimum absolute atomic E-state index is 0.101. The lowest BCUT2D eigenvalue weighted by atomic mass is 10.3. The number of hydrogen-bond donors (Lipinski definition) is 1. The number of esters is 1. The average molecular weight is 296 g/mol. The molecule has 1 aromatic heterocycles. The smallest absolute Gasteiger partial charge is 0.325 e. The summed E-state index contributed by atoms with van der Waals surface area (Å²) in [5, 5.41) is 2.48. The summed E-state index contributed by atoms with van der Waals surface area (Å²) in [7, 11) is 1.28. The van der Waals surface area contributed by atoms with Gasteiger partial charge < -0.3 is 10.1 Å². The molecule has 1 heterocycles. The minimum Gasteiger partial charge on any atom is -0.468 e. The molecule has 7 heteroatoms. The van der Waals surface area contributed by atoms with E-state index in [0.29, 0.717) is 0 Å². The van der Waals surface area contributed by atoms with Crippen LogP contribution in [0.25, 0.3) is 10.2 Å². The van der Waals surface area contributed by atoms with E-state index in [4.69, 9.17) is 0 Å². The third-order valence-electron chi connectivity index (χ3n) is 2.26. The van der Waals surface area contributed by atoms with E-state index in [1.54, 1.807) is 11.3 Å². The van der Waals surface area contributed by atoms with E-state index in [1.165, 1.54) is 18.9 Å². The fourth-order valence-corrected chi connectivity index (χ4v) is 3.23. The molecule has 1 amide bonds. The van der Waals surface area contributed by atoms with Gasteiger partial charge in [0.2, 0.25) is 5.91 Å². The van der Waals surface area contributed by atoms with Gasteiger partial charge in [-0.05, 0) is 12.1 Å². The number of carbonyl (C=O) groups is 2. The van der Waals surface area contributed by atoms with Gasteiger partial charge in [0.15, 0.2) is 4.34 Å². The monoisotopic (exact) mass is 296 g/mol. The number of amides is 1. The number of rotatable bonds is 5. The molecule has 2 rings (SSSR count). The number of ether oxygens (including phenoxy) is 1. The third-order valence-corrected chi connectivity index (χ3v) is 4.44. The number of carbonyl (C=O) groups excluding carboxylic acids is 2. The first-order valence-corrected chi connectivity index (χ1v) is 7.31. The Hall–Kier alpha value is -1.60. The SMILES string of the molecule is COC(=O)CNC(=O)CSc1nc2ccccc2s1. The molecule has 0 bridgehead atoms. The fraction of sp³-hybridized carbons (Fsp3) is 0.250. The van der Waals surface area contributed by atoms with Crippen LogP contribution in [0.15, 0.2) is 28.6 Å². The summed E-state index contributed by atoms with van der Waals surface area (Å²) in [5.74, 6) is -0.440. The summed E-state index contributed by atoms with van der Waals surface area (Å²) in [6.45, 7) is -0.101. The van der Waals surface area contributed by atoms with Gasteiger partial charge in [-0.25, -0.2) is 4.98 Å². The van der Waals surface area contributed by atoms with Crippen LogP contribution in [0.4, 0.5) is 0 Å². The predicted octanol–water partition coefficient (Wildman–Crippen LogP) is 1.68. The minimum atomic E-state index is -0.460. The van der Waals surface area contributed by atoms with E-state index in [1.807, 2.05) is 24.3 Å². The van der Waals surface area contributed by atoms with Crippen molar-refractivity contribution in [2.75, 3.05) is 19.4 Å².